The minimum atomic E-state index is -0.619. The van der Waals surface area contributed by atoms with Gasteiger partial charge in [-0.2, -0.15) is 0 Å². The summed E-state index contributed by atoms with van der Waals surface area (Å²) < 4.78 is 18.9. The first-order chi connectivity index (χ1) is 14.6. The number of carbonyl (C=O) groups excluding carboxylic acids is 1. The molecule has 1 unspecified atom stereocenters. The highest BCUT2D eigenvalue weighted by Gasteiger charge is 2.25. The second-order valence-corrected chi connectivity index (χ2v) is 8.52. The second-order valence-electron chi connectivity index (χ2n) is 6.40. The Morgan fingerprint density at radius 1 is 1.17 bits per heavy atom. The predicted molar refractivity (Wildman–Crippen MR) is 114 cm³/mol. The minimum Gasteiger partial charge on any atom is -0.416 e. The van der Waals surface area contributed by atoms with Gasteiger partial charge in [-0.15, -0.1) is 21.5 Å². The van der Waals surface area contributed by atoms with Gasteiger partial charge in [0.2, 0.25) is 11.8 Å². The van der Waals surface area contributed by atoms with Gasteiger partial charge in [0.1, 0.15) is 11.1 Å². The van der Waals surface area contributed by atoms with E-state index in [4.69, 9.17) is 4.42 Å². The molecule has 0 aliphatic carbocycles. The molecule has 0 fully saturated rings. The van der Waals surface area contributed by atoms with Crippen molar-refractivity contribution in [3.05, 3.63) is 88.0 Å². The Bertz CT molecular complexity index is 1130. The molecule has 2 aromatic heterocycles. The summed E-state index contributed by atoms with van der Waals surface area (Å²) in [7, 11) is 0. The molecule has 0 saturated heterocycles. The third-order valence-corrected chi connectivity index (χ3v) is 6.03. The summed E-state index contributed by atoms with van der Waals surface area (Å²) in [5.41, 5.74) is 2.16. The van der Waals surface area contributed by atoms with Crippen LogP contribution in [-0.2, 0) is 11.2 Å². The molecule has 1 amide bonds. The molecule has 0 aliphatic heterocycles. The fraction of sp³-hybridized carbons (Fsp3) is 0.143. The van der Waals surface area contributed by atoms with Gasteiger partial charge in [0.05, 0.1) is 17.1 Å². The molecule has 0 saturated carbocycles. The highest BCUT2D eigenvalue weighted by molar-refractivity contribution is 8.00. The van der Waals surface area contributed by atoms with Gasteiger partial charge in [-0.25, -0.2) is 9.37 Å². The molecule has 4 aromatic rings. The molecule has 6 nitrogen and oxygen atoms in total. The van der Waals surface area contributed by atoms with Gasteiger partial charge >= 0.3 is 0 Å². The van der Waals surface area contributed by atoms with E-state index in [9.17, 15) is 9.18 Å². The molecule has 1 atom stereocenters. The number of rotatable bonds is 7. The van der Waals surface area contributed by atoms with E-state index in [1.54, 1.807) is 11.3 Å². The maximum Gasteiger partial charge on any atom is 0.277 e. The molecule has 1 N–H and O–H groups in total. The average Bonchev–Trinajstić information content (AvgIpc) is 3.37. The fourth-order valence-electron chi connectivity index (χ4n) is 2.74. The largest absolute Gasteiger partial charge is 0.416 e. The van der Waals surface area contributed by atoms with Gasteiger partial charge in [-0.05, 0) is 48.5 Å². The summed E-state index contributed by atoms with van der Waals surface area (Å²) in [6, 6.07) is 14.9. The average molecular weight is 441 g/mol. The molecule has 0 radical (unpaired) electrons. The second kappa shape index (κ2) is 9.19. The molecule has 0 spiro atoms. The first kappa shape index (κ1) is 20.2. The van der Waals surface area contributed by atoms with Crippen molar-refractivity contribution < 1.29 is 13.6 Å². The van der Waals surface area contributed by atoms with E-state index in [2.05, 4.69) is 20.5 Å². The van der Waals surface area contributed by atoms with E-state index in [0.717, 1.165) is 28.0 Å². The van der Waals surface area contributed by atoms with Crippen molar-refractivity contribution in [1.82, 2.24) is 15.2 Å². The van der Waals surface area contributed by atoms with Crippen molar-refractivity contribution >= 4 is 34.7 Å². The monoisotopic (exact) mass is 440 g/mol. The standard InChI is InChI=1S/C21H17FN4O2S2/c1-13-23-17(12-29-13)11-18-25-26-21(28-18)30-19(14-5-3-2-4-6-14)20(27)24-16-9-7-15(22)8-10-16/h2-10,12,19H,11H2,1H3,(H,24,27). The Morgan fingerprint density at radius 3 is 2.63 bits per heavy atom. The number of halogens is 1. The van der Waals surface area contributed by atoms with Crippen LogP contribution in [0, 0.1) is 12.7 Å². The van der Waals surface area contributed by atoms with Crippen LogP contribution in [0.4, 0.5) is 10.1 Å². The number of amides is 1. The molecular weight excluding hydrogens is 423 g/mol. The van der Waals surface area contributed by atoms with E-state index >= 15 is 0 Å². The Balaban J connectivity index is 1.51. The van der Waals surface area contributed by atoms with Crippen molar-refractivity contribution in [3.8, 4) is 0 Å². The predicted octanol–water partition coefficient (Wildman–Crippen LogP) is 5.04. The summed E-state index contributed by atoms with van der Waals surface area (Å²) in [6.45, 7) is 1.94. The topological polar surface area (TPSA) is 80.9 Å². The van der Waals surface area contributed by atoms with Gasteiger partial charge in [-0.3, -0.25) is 4.79 Å². The Morgan fingerprint density at radius 2 is 1.93 bits per heavy atom. The number of carbonyl (C=O) groups is 1. The highest BCUT2D eigenvalue weighted by atomic mass is 32.2. The number of thiazole rings is 1. The van der Waals surface area contributed by atoms with Crippen LogP contribution < -0.4 is 5.32 Å². The van der Waals surface area contributed by atoms with E-state index in [0.29, 0.717) is 23.2 Å². The van der Waals surface area contributed by atoms with Crippen LogP contribution in [-0.4, -0.2) is 21.1 Å². The van der Waals surface area contributed by atoms with Gasteiger partial charge in [-0.1, -0.05) is 30.3 Å². The van der Waals surface area contributed by atoms with Crippen LogP contribution in [0.1, 0.15) is 27.4 Å². The first-order valence-corrected chi connectivity index (χ1v) is 10.8. The maximum atomic E-state index is 13.1. The van der Waals surface area contributed by atoms with Crippen molar-refractivity contribution in [3.63, 3.8) is 0 Å². The van der Waals surface area contributed by atoms with Crippen LogP contribution in [0.25, 0.3) is 0 Å². The van der Waals surface area contributed by atoms with Gasteiger partial charge in [0, 0.05) is 11.1 Å². The van der Waals surface area contributed by atoms with E-state index in [1.165, 1.54) is 24.3 Å². The molecule has 2 heterocycles. The van der Waals surface area contributed by atoms with Crippen molar-refractivity contribution in [1.29, 1.82) is 0 Å². The quantitative estimate of drug-likeness (QED) is 0.406. The van der Waals surface area contributed by atoms with Crippen molar-refractivity contribution in [2.45, 2.75) is 23.8 Å². The summed E-state index contributed by atoms with van der Waals surface area (Å²) in [5, 5.41) is 13.6. The Hall–Kier alpha value is -3.04. The normalized spacial score (nSPS) is 11.9. The Labute approximate surface area is 180 Å². The molecule has 152 valence electrons. The molecule has 0 aliphatic rings. The number of hydrogen-bond acceptors (Lipinski definition) is 7. The third-order valence-electron chi connectivity index (χ3n) is 4.12. The van der Waals surface area contributed by atoms with Gasteiger partial charge in [0.25, 0.3) is 5.22 Å². The molecule has 2 aromatic carbocycles. The molecule has 30 heavy (non-hydrogen) atoms. The molecular formula is C21H17FN4O2S2. The van der Waals surface area contributed by atoms with Crippen LogP contribution in [0.15, 0.2) is 69.6 Å². The Kier molecular flexibility index (Phi) is 6.20. The van der Waals surface area contributed by atoms with Crippen LogP contribution in [0.5, 0.6) is 0 Å². The molecule has 4 rings (SSSR count). The minimum absolute atomic E-state index is 0.271. The van der Waals surface area contributed by atoms with E-state index < -0.39 is 5.25 Å². The van der Waals surface area contributed by atoms with Crippen molar-refractivity contribution in [2.75, 3.05) is 5.32 Å². The lowest BCUT2D eigenvalue weighted by Crippen LogP contribution is -2.19. The number of benzene rings is 2. The fourth-order valence-corrected chi connectivity index (χ4v) is 4.25. The maximum absolute atomic E-state index is 13.1. The van der Waals surface area contributed by atoms with Crippen molar-refractivity contribution in [2.24, 2.45) is 0 Å². The number of nitrogens with one attached hydrogen (secondary N) is 1. The number of thioether (sulfide) groups is 1. The summed E-state index contributed by atoms with van der Waals surface area (Å²) in [4.78, 5) is 17.4. The molecule has 9 heteroatoms. The highest BCUT2D eigenvalue weighted by Crippen LogP contribution is 2.35. The zero-order valence-electron chi connectivity index (χ0n) is 15.9. The lowest BCUT2D eigenvalue weighted by molar-refractivity contribution is -0.115. The number of aryl methyl sites for hydroxylation is 1. The lowest BCUT2D eigenvalue weighted by Gasteiger charge is -2.15. The first-order valence-electron chi connectivity index (χ1n) is 9.08. The zero-order chi connectivity index (χ0) is 20.9. The smallest absolute Gasteiger partial charge is 0.277 e. The van der Waals surface area contributed by atoms with Crippen LogP contribution in [0.2, 0.25) is 0 Å². The van der Waals surface area contributed by atoms with Gasteiger partial charge < -0.3 is 9.73 Å². The summed E-state index contributed by atoms with van der Waals surface area (Å²) in [6.07, 6.45) is 0.440. The summed E-state index contributed by atoms with van der Waals surface area (Å²) >= 11 is 2.73. The number of aromatic nitrogens is 3. The third kappa shape index (κ3) is 5.11. The van der Waals surface area contributed by atoms with Gasteiger partial charge in [0.15, 0.2) is 0 Å². The number of anilines is 1. The number of hydrogen-bond donors (Lipinski definition) is 1. The van der Waals surface area contributed by atoms with E-state index in [1.807, 2.05) is 42.6 Å². The van der Waals surface area contributed by atoms with Crippen LogP contribution in [0.3, 0.4) is 0 Å². The summed E-state index contributed by atoms with van der Waals surface area (Å²) in [5.74, 6) is -0.197. The van der Waals surface area contributed by atoms with Crippen LogP contribution >= 0.6 is 23.1 Å². The van der Waals surface area contributed by atoms with E-state index in [-0.39, 0.29) is 11.7 Å². The lowest BCUT2D eigenvalue weighted by atomic mass is 10.1. The SMILES string of the molecule is Cc1nc(Cc2nnc(SC(C(=O)Nc3ccc(F)cc3)c3ccccc3)o2)cs1. The molecule has 0 bridgehead atoms. The number of nitrogens with zero attached hydrogens (tertiary/aromatic N) is 3. The zero-order valence-corrected chi connectivity index (χ0v) is 17.5.